The van der Waals surface area contributed by atoms with Crippen molar-refractivity contribution in [3.05, 3.63) is 48.0 Å². The highest BCUT2D eigenvalue weighted by molar-refractivity contribution is 6.08. The largest absolute Gasteiger partial charge is 0.480 e. The van der Waals surface area contributed by atoms with Crippen LogP contribution < -0.4 is 5.73 Å². The number of nitrogens with two attached hydrogens (primary N) is 1. The maximum absolute atomic E-state index is 10.9. The maximum atomic E-state index is 10.9. The van der Waals surface area contributed by atoms with Crippen molar-refractivity contribution >= 4 is 27.8 Å². The third kappa shape index (κ3) is 1.94. The van der Waals surface area contributed by atoms with Crippen LogP contribution >= 0.6 is 0 Å². The van der Waals surface area contributed by atoms with Gasteiger partial charge in [0, 0.05) is 28.9 Å². The molecule has 0 bridgehead atoms. The fraction of sp³-hybridized carbons (Fsp3) is 0.188. The zero-order valence-corrected chi connectivity index (χ0v) is 11.2. The molecule has 0 aliphatic heterocycles. The number of carbonyl (C=O) groups is 1. The Morgan fingerprint density at radius 2 is 1.90 bits per heavy atom. The summed E-state index contributed by atoms with van der Waals surface area (Å²) in [6.45, 7) is 0. The van der Waals surface area contributed by atoms with E-state index >= 15 is 0 Å². The second-order valence-electron chi connectivity index (χ2n) is 5.08. The van der Waals surface area contributed by atoms with Crippen LogP contribution in [0, 0.1) is 0 Å². The van der Waals surface area contributed by atoms with Crippen molar-refractivity contribution in [2.75, 3.05) is 0 Å². The van der Waals surface area contributed by atoms with Crippen molar-refractivity contribution in [1.29, 1.82) is 0 Å². The number of aryl methyl sites for hydroxylation is 1. The smallest absolute Gasteiger partial charge is 0.320 e. The Hall–Kier alpha value is -2.33. The van der Waals surface area contributed by atoms with Crippen molar-refractivity contribution in [3.8, 4) is 0 Å². The molecule has 1 atom stereocenters. The van der Waals surface area contributed by atoms with Crippen LogP contribution in [0.2, 0.25) is 0 Å². The molecule has 3 aromatic rings. The summed E-state index contributed by atoms with van der Waals surface area (Å²) < 4.78 is 2.14. The molecule has 4 nitrogen and oxygen atoms in total. The van der Waals surface area contributed by atoms with E-state index in [-0.39, 0.29) is 0 Å². The lowest BCUT2D eigenvalue weighted by molar-refractivity contribution is -0.138. The number of nitrogens with zero attached hydrogens (tertiary/aromatic N) is 1. The molecule has 102 valence electrons. The second kappa shape index (κ2) is 4.65. The summed E-state index contributed by atoms with van der Waals surface area (Å²) in [4.78, 5) is 10.9. The van der Waals surface area contributed by atoms with E-state index in [9.17, 15) is 4.79 Å². The molecular formula is C16H16N2O2. The molecule has 3 N–H and O–H groups in total. The van der Waals surface area contributed by atoms with E-state index in [2.05, 4.69) is 16.7 Å². The van der Waals surface area contributed by atoms with Gasteiger partial charge in [0.25, 0.3) is 0 Å². The zero-order valence-electron chi connectivity index (χ0n) is 11.2. The Bertz CT molecular complexity index is 805. The van der Waals surface area contributed by atoms with Crippen LogP contribution in [0.15, 0.2) is 42.5 Å². The van der Waals surface area contributed by atoms with E-state index in [1.54, 1.807) is 0 Å². The SMILES string of the molecule is Cn1c2ccccc2c2cc(CC(N)C(=O)O)ccc21. The highest BCUT2D eigenvalue weighted by atomic mass is 16.4. The average molecular weight is 268 g/mol. The minimum Gasteiger partial charge on any atom is -0.480 e. The molecule has 3 rings (SSSR count). The highest BCUT2D eigenvalue weighted by Gasteiger charge is 2.14. The molecule has 0 amide bonds. The van der Waals surface area contributed by atoms with Gasteiger partial charge in [-0.2, -0.15) is 0 Å². The van der Waals surface area contributed by atoms with Gasteiger partial charge >= 0.3 is 5.97 Å². The summed E-state index contributed by atoms with van der Waals surface area (Å²) in [7, 11) is 2.04. The van der Waals surface area contributed by atoms with E-state index in [0.717, 1.165) is 16.5 Å². The Balaban J connectivity index is 2.15. The van der Waals surface area contributed by atoms with Gasteiger partial charge in [-0.25, -0.2) is 0 Å². The first-order valence-electron chi connectivity index (χ1n) is 6.52. The number of rotatable bonds is 3. The molecule has 0 aliphatic rings. The van der Waals surface area contributed by atoms with Crippen molar-refractivity contribution in [2.45, 2.75) is 12.5 Å². The lowest BCUT2D eigenvalue weighted by Gasteiger charge is -2.06. The first kappa shape index (κ1) is 12.7. The van der Waals surface area contributed by atoms with E-state index < -0.39 is 12.0 Å². The summed E-state index contributed by atoms with van der Waals surface area (Å²) >= 11 is 0. The van der Waals surface area contributed by atoms with Gasteiger partial charge in [-0.05, 0) is 30.2 Å². The minimum absolute atomic E-state index is 0.342. The van der Waals surface area contributed by atoms with Gasteiger partial charge in [-0.3, -0.25) is 4.79 Å². The molecule has 1 heterocycles. The molecule has 0 spiro atoms. The van der Waals surface area contributed by atoms with Crippen LogP contribution in [0.3, 0.4) is 0 Å². The van der Waals surface area contributed by atoms with Gasteiger partial charge in [0.2, 0.25) is 0 Å². The van der Waals surface area contributed by atoms with E-state index in [4.69, 9.17) is 10.8 Å². The number of aliphatic carboxylic acids is 1. The number of fused-ring (bicyclic) bond motifs is 3. The molecule has 1 unspecified atom stereocenters. The molecule has 1 aromatic heterocycles. The van der Waals surface area contributed by atoms with Crippen molar-refractivity contribution in [1.82, 2.24) is 4.57 Å². The summed E-state index contributed by atoms with van der Waals surface area (Å²) in [5.74, 6) is -0.969. The summed E-state index contributed by atoms with van der Waals surface area (Å²) in [5.41, 5.74) is 8.86. The molecule has 4 heteroatoms. The first-order valence-corrected chi connectivity index (χ1v) is 6.52. The highest BCUT2D eigenvalue weighted by Crippen LogP contribution is 2.28. The number of para-hydroxylation sites is 1. The summed E-state index contributed by atoms with van der Waals surface area (Å²) in [6.07, 6.45) is 0.342. The lowest BCUT2D eigenvalue weighted by atomic mass is 10.0. The normalized spacial score (nSPS) is 12.9. The van der Waals surface area contributed by atoms with E-state index in [1.807, 2.05) is 37.4 Å². The van der Waals surface area contributed by atoms with Crippen LogP contribution in [0.1, 0.15) is 5.56 Å². The van der Waals surface area contributed by atoms with Crippen LogP contribution in [-0.4, -0.2) is 21.7 Å². The Labute approximate surface area is 116 Å². The summed E-state index contributed by atoms with van der Waals surface area (Å²) in [5, 5.41) is 11.2. The molecule has 0 saturated heterocycles. The number of hydrogen-bond acceptors (Lipinski definition) is 2. The fourth-order valence-electron chi connectivity index (χ4n) is 2.68. The molecule has 0 fully saturated rings. The van der Waals surface area contributed by atoms with E-state index in [1.165, 1.54) is 10.9 Å². The maximum Gasteiger partial charge on any atom is 0.320 e. The van der Waals surface area contributed by atoms with Gasteiger partial charge < -0.3 is 15.4 Å². The van der Waals surface area contributed by atoms with Crippen LogP contribution in [0.5, 0.6) is 0 Å². The number of aromatic nitrogens is 1. The van der Waals surface area contributed by atoms with E-state index in [0.29, 0.717) is 6.42 Å². The molecular weight excluding hydrogens is 252 g/mol. The number of carboxylic acid groups (broad SMARTS) is 1. The Kier molecular flexibility index (Phi) is 2.95. The Morgan fingerprint density at radius 3 is 2.65 bits per heavy atom. The predicted octanol–water partition coefficient (Wildman–Crippen LogP) is 2.29. The van der Waals surface area contributed by atoms with Crippen molar-refractivity contribution in [3.63, 3.8) is 0 Å². The van der Waals surface area contributed by atoms with Crippen molar-refractivity contribution < 1.29 is 9.90 Å². The first-order chi connectivity index (χ1) is 9.58. The van der Waals surface area contributed by atoms with Gasteiger partial charge in [0.05, 0.1) is 0 Å². The third-order valence-corrected chi connectivity index (χ3v) is 3.75. The second-order valence-corrected chi connectivity index (χ2v) is 5.08. The topological polar surface area (TPSA) is 68.2 Å². The molecule has 0 saturated carbocycles. The quantitative estimate of drug-likeness (QED) is 0.765. The lowest BCUT2D eigenvalue weighted by Crippen LogP contribution is -2.32. The van der Waals surface area contributed by atoms with Gasteiger partial charge in [-0.1, -0.05) is 24.3 Å². The molecule has 0 radical (unpaired) electrons. The predicted molar refractivity (Wildman–Crippen MR) is 79.7 cm³/mol. The van der Waals surface area contributed by atoms with Crippen molar-refractivity contribution in [2.24, 2.45) is 12.8 Å². The monoisotopic (exact) mass is 268 g/mol. The van der Waals surface area contributed by atoms with Crippen LogP contribution in [-0.2, 0) is 18.3 Å². The number of hydrogen-bond donors (Lipinski definition) is 2. The molecule has 20 heavy (non-hydrogen) atoms. The van der Waals surface area contributed by atoms with Gasteiger partial charge in [0.15, 0.2) is 0 Å². The van der Waals surface area contributed by atoms with Crippen LogP contribution in [0.4, 0.5) is 0 Å². The standard InChI is InChI=1S/C16H16N2O2/c1-18-14-5-3-2-4-11(14)12-8-10(6-7-15(12)18)9-13(17)16(19)20/h2-8,13H,9,17H2,1H3,(H,19,20). The number of carboxylic acids is 1. The zero-order chi connectivity index (χ0) is 14.3. The Morgan fingerprint density at radius 1 is 1.20 bits per heavy atom. The van der Waals surface area contributed by atoms with Gasteiger partial charge in [-0.15, -0.1) is 0 Å². The fourth-order valence-corrected chi connectivity index (χ4v) is 2.68. The summed E-state index contributed by atoms with van der Waals surface area (Å²) in [6, 6.07) is 13.3. The molecule has 0 aliphatic carbocycles. The van der Waals surface area contributed by atoms with Gasteiger partial charge in [0.1, 0.15) is 6.04 Å². The minimum atomic E-state index is -0.969. The third-order valence-electron chi connectivity index (χ3n) is 3.75. The molecule has 2 aromatic carbocycles. The van der Waals surface area contributed by atoms with Crippen LogP contribution in [0.25, 0.3) is 21.8 Å². The average Bonchev–Trinajstić information content (AvgIpc) is 2.73. The number of benzene rings is 2.